The van der Waals surface area contributed by atoms with Crippen LogP contribution in [0.4, 0.5) is 28.8 Å². The van der Waals surface area contributed by atoms with Gasteiger partial charge in [0.1, 0.15) is 0 Å². The maximum absolute atomic E-state index is 14.3. The van der Waals surface area contributed by atoms with Crippen LogP contribution in [-0.2, 0) is 9.74 Å². The fourth-order valence-corrected chi connectivity index (χ4v) is 3.17. The summed E-state index contributed by atoms with van der Waals surface area (Å²) in [7, 11) is 0. The summed E-state index contributed by atoms with van der Waals surface area (Å²) in [6.07, 6.45) is 5.29. The molecule has 0 aliphatic heterocycles. The van der Waals surface area contributed by atoms with E-state index in [-0.39, 0.29) is 23.0 Å². The number of H-pyrrole nitrogens is 1. The van der Waals surface area contributed by atoms with Crippen molar-refractivity contribution in [2.24, 2.45) is 5.73 Å². The molecule has 0 aliphatic carbocycles. The van der Waals surface area contributed by atoms with Gasteiger partial charge in [0.2, 0.25) is 5.95 Å². The number of aryl methyl sites for hydroxylation is 1. The van der Waals surface area contributed by atoms with Gasteiger partial charge >= 0.3 is 24.1 Å². The molecule has 0 aliphatic rings. The summed E-state index contributed by atoms with van der Waals surface area (Å²) in [4.78, 5) is 55.2. The number of rotatable bonds is 16. The smallest absolute Gasteiger partial charge is 0.338 e. The molecule has 36 heavy (non-hydrogen) atoms. The van der Waals surface area contributed by atoms with Crippen LogP contribution < -0.4 is 27.2 Å². The summed E-state index contributed by atoms with van der Waals surface area (Å²) in [5.74, 6) is -2.97. The molecule has 0 saturated heterocycles. The summed E-state index contributed by atoms with van der Waals surface area (Å²) < 4.78 is 40.8. The van der Waals surface area contributed by atoms with Crippen molar-refractivity contribution in [3.63, 3.8) is 0 Å². The van der Waals surface area contributed by atoms with Crippen molar-refractivity contribution in [2.75, 3.05) is 31.5 Å². The van der Waals surface area contributed by atoms with Gasteiger partial charge in [-0.25, -0.2) is 24.3 Å². The van der Waals surface area contributed by atoms with Gasteiger partial charge in [0, 0.05) is 35.9 Å². The maximum atomic E-state index is 14.3. The molecular formula is C21H34F3N7O5. The number of nitrogens with two attached hydrogens (primary N) is 1. The summed E-state index contributed by atoms with van der Waals surface area (Å²) >= 11 is 0. The van der Waals surface area contributed by atoms with Gasteiger partial charge in [0.05, 0.1) is 0 Å². The Morgan fingerprint density at radius 1 is 1.06 bits per heavy atom. The molecule has 0 aromatic carbocycles. The first-order valence-corrected chi connectivity index (χ1v) is 11.7. The Labute approximate surface area is 206 Å². The van der Waals surface area contributed by atoms with Crippen LogP contribution in [0.2, 0.25) is 0 Å². The van der Waals surface area contributed by atoms with Crippen LogP contribution >= 0.6 is 0 Å². The fraction of sp³-hybridized carbons (Fsp3) is 0.667. The Morgan fingerprint density at radius 2 is 1.64 bits per heavy atom. The van der Waals surface area contributed by atoms with E-state index in [4.69, 9.17) is 5.73 Å². The van der Waals surface area contributed by atoms with Gasteiger partial charge < -0.3 is 16.4 Å². The second-order valence-electron chi connectivity index (χ2n) is 8.02. The van der Waals surface area contributed by atoms with E-state index in [2.05, 4.69) is 25.5 Å². The Balaban J connectivity index is 2.45. The number of hydrogen-bond acceptors (Lipinski definition) is 7. The number of aromatic nitrogens is 2. The molecule has 0 atom stereocenters. The number of aromatic amines is 1. The molecule has 1 aromatic rings. The molecule has 0 radical (unpaired) electrons. The van der Waals surface area contributed by atoms with E-state index in [1.165, 1.54) is 6.92 Å². The first-order valence-electron chi connectivity index (χ1n) is 11.7. The zero-order valence-electron chi connectivity index (χ0n) is 20.2. The van der Waals surface area contributed by atoms with Gasteiger partial charge in [0.15, 0.2) is 0 Å². The predicted molar refractivity (Wildman–Crippen MR) is 125 cm³/mol. The van der Waals surface area contributed by atoms with Crippen molar-refractivity contribution in [2.45, 2.75) is 64.3 Å². The molecule has 0 fully saturated rings. The first kappa shape index (κ1) is 30.7. The summed E-state index contributed by atoms with van der Waals surface area (Å²) in [5.41, 5.74) is 4.99. The van der Waals surface area contributed by atoms with E-state index in [1.54, 1.807) is 0 Å². The van der Waals surface area contributed by atoms with Crippen LogP contribution in [0.1, 0.15) is 57.1 Å². The van der Waals surface area contributed by atoms with Gasteiger partial charge in [-0.15, -0.1) is 0 Å². The molecule has 204 valence electrons. The lowest BCUT2D eigenvalue weighted by atomic mass is 10.2. The average Bonchev–Trinajstić information content (AvgIpc) is 2.81. The highest BCUT2D eigenvalue weighted by Gasteiger charge is 2.51. The fourth-order valence-electron chi connectivity index (χ4n) is 3.17. The zero-order valence-corrected chi connectivity index (χ0v) is 20.2. The highest BCUT2D eigenvalue weighted by Crippen LogP contribution is 2.24. The Kier molecular flexibility index (Phi) is 13.9. The van der Waals surface area contributed by atoms with Crippen LogP contribution in [0.15, 0.2) is 10.9 Å². The number of unbranched alkanes of at least 4 members (excludes halogenated alkanes) is 6. The van der Waals surface area contributed by atoms with E-state index < -0.39 is 36.1 Å². The quantitative estimate of drug-likeness (QED) is 0.164. The van der Waals surface area contributed by atoms with Crippen molar-refractivity contribution < 1.29 is 32.6 Å². The van der Waals surface area contributed by atoms with Crippen molar-refractivity contribution in [1.29, 1.82) is 0 Å². The average molecular weight is 522 g/mol. The first-order chi connectivity index (χ1) is 17.1. The molecule has 6 N–H and O–H groups in total. The van der Waals surface area contributed by atoms with Crippen LogP contribution in [0, 0.1) is 6.92 Å². The molecule has 4 amide bonds. The summed E-state index contributed by atoms with van der Waals surface area (Å²) in [6, 6.07) is -5.27. The predicted octanol–water partition coefficient (Wildman–Crippen LogP) is 2.31. The Hall–Kier alpha value is -3.36. The number of nitrogens with one attached hydrogen (secondary N) is 4. The molecule has 0 unspecified atom stereocenters. The van der Waals surface area contributed by atoms with Crippen LogP contribution in [-0.4, -0.2) is 65.1 Å². The molecular weight excluding hydrogens is 487 g/mol. The number of amides is 4. The van der Waals surface area contributed by atoms with Gasteiger partial charge in [-0.1, -0.05) is 25.7 Å². The molecule has 1 heterocycles. The second kappa shape index (κ2) is 16.3. The van der Waals surface area contributed by atoms with Gasteiger partial charge in [-0.3, -0.25) is 20.0 Å². The number of urea groups is 2. The topological polar surface area (TPSA) is 172 Å². The lowest BCUT2D eigenvalue weighted by molar-refractivity contribution is -0.230. The molecule has 15 heteroatoms. The molecule has 1 rings (SSSR count). The van der Waals surface area contributed by atoms with E-state index in [9.17, 15) is 32.5 Å². The minimum Gasteiger partial charge on any atom is -0.338 e. The largest absolute Gasteiger partial charge is 0.440 e. The van der Waals surface area contributed by atoms with Gasteiger partial charge in [0.25, 0.3) is 5.56 Å². The highest BCUT2D eigenvalue weighted by molar-refractivity contribution is 5.91. The third kappa shape index (κ3) is 11.4. The Morgan fingerprint density at radius 3 is 2.19 bits per heavy atom. The minimum absolute atomic E-state index is 0.0370. The lowest BCUT2D eigenvalue weighted by Crippen LogP contribution is -2.53. The minimum atomic E-state index is -4.60. The number of nitrogens with zero attached hydrogens (tertiary/aromatic N) is 2. The van der Waals surface area contributed by atoms with Gasteiger partial charge in [-0.2, -0.15) is 8.78 Å². The number of anilines is 1. The second-order valence-corrected chi connectivity index (χ2v) is 8.02. The Bertz CT molecular complexity index is 901. The molecule has 0 bridgehead atoms. The molecule has 0 spiro atoms. The van der Waals surface area contributed by atoms with E-state index >= 15 is 0 Å². The van der Waals surface area contributed by atoms with Crippen molar-refractivity contribution in [3.05, 3.63) is 22.1 Å². The van der Waals surface area contributed by atoms with Crippen LogP contribution in [0.5, 0.6) is 0 Å². The van der Waals surface area contributed by atoms with Crippen molar-refractivity contribution in [3.8, 4) is 0 Å². The molecule has 0 saturated carbocycles. The van der Waals surface area contributed by atoms with Gasteiger partial charge in [-0.05, 0) is 39.2 Å². The number of carbonyl (C=O) groups is 3. The standard InChI is InChI=1S/C21H34F3N7O5/c1-15-14-16(32)29-18(28-15)30-20(35)31(21(22,23)17(33)36-24)13-9-5-4-8-12-27-19(34)26-11-7-3-2-6-10-25/h14H,2-13,25H2,1H3,(H2,26,27,34)(H2,28,29,30,32,35). The van der Waals surface area contributed by atoms with Crippen molar-refractivity contribution >= 4 is 24.0 Å². The number of carbonyl (C=O) groups excluding carboxylic acids is 3. The monoisotopic (exact) mass is 521 g/mol. The van der Waals surface area contributed by atoms with Crippen molar-refractivity contribution in [1.82, 2.24) is 25.5 Å². The molecule has 12 nitrogen and oxygen atoms in total. The molecule has 1 aromatic heterocycles. The third-order valence-electron chi connectivity index (χ3n) is 5.01. The van der Waals surface area contributed by atoms with E-state index in [0.29, 0.717) is 38.9 Å². The number of halogens is 3. The van der Waals surface area contributed by atoms with Crippen LogP contribution in [0.3, 0.4) is 0 Å². The number of hydrogen-bond donors (Lipinski definition) is 5. The third-order valence-corrected chi connectivity index (χ3v) is 5.01. The summed E-state index contributed by atoms with van der Waals surface area (Å²) in [5, 5.41) is 7.38. The highest BCUT2D eigenvalue weighted by atomic mass is 19.3. The lowest BCUT2D eigenvalue weighted by Gasteiger charge is -2.28. The van der Waals surface area contributed by atoms with Crippen LogP contribution in [0.25, 0.3) is 0 Å². The number of alkyl halides is 2. The van der Waals surface area contributed by atoms with E-state index in [1.807, 2.05) is 5.32 Å². The maximum Gasteiger partial charge on any atom is 0.440 e. The zero-order chi connectivity index (χ0) is 27.0. The normalized spacial score (nSPS) is 11.0. The summed E-state index contributed by atoms with van der Waals surface area (Å²) in [6.45, 7) is 2.39. The van der Waals surface area contributed by atoms with E-state index in [0.717, 1.165) is 31.7 Å². The SMILES string of the molecule is Cc1cc(=O)[nH]c(NC(=O)N(CCCCCCNC(=O)NCCCCCCN)C(F)(F)C(=O)OF)n1.